The summed E-state index contributed by atoms with van der Waals surface area (Å²) in [5.41, 5.74) is -4.39. The highest BCUT2D eigenvalue weighted by atomic mass is 32.2. The fourth-order valence-corrected chi connectivity index (χ4v) is 4.60. The van der Waals surface area contributed by atoms with Gasteiger partial charge in [-0.3, -0.25) is 4.79 Å². The van der Waals surface area contributed by atoms with E-state index in [1.54, 1.807) is 29.2 Å². The summed E-state index contributed by atoms with van der Waals surface area (Å²) in [4.78, 5) is 15.8. The van der Waals surface area contributed by atoms with Crippen LogP contribution in [0.5, 0.6) is 5.75 Å². The number of carbonyl (C=O) groups excluding carboxylic acids is 1. The van der Waals surface area contributed by atoms with Crippen molar-refractivity contribution in [1.82, 2.24) is 9.80 Å². The quantitative estimate of drug-likeness (QED) is 0.504. The van der Waals surface area contributed by atoms with E-state index in [-0.39, 0.29) is 18.1 Å². The second-order valence-corrected chi connectivity index (χ2v) is 10.2. The third-order valence-electron chi connectivity index (χ3n) is 6.22. The number of hydrogen-bond donors (Lipinski definition) is 0. The smallest absolute Gasteiger partial charge is 0.475 e. The van der Waals surface area contributed by atoms with E-state index in [1.165, 1.54) is 19.4 Å². The molecular formula is C25H30F4N2O3S. The van der Waals surface area contributed by atoms with Crippen molar-refractivity contribution < 1.29 is 31.3 Å². The third kappa shape index (κ3) is 7.51. The van der Waals surface area contributed by atoms with Gasteiger partial charge in [-0.1, -0.05) is 6.07 Å². The molecule has 4 rings (SSSR count). The standard InChI is InChI=1S/C19H17F4NO3S.C6H13N/c20-17-11-16(28(26)19(21,22)23)8-5-14(17)12-27-15-6-3-13(4-7-15)18(25)24-9-1-2-10-24;1-6-4-3-5-7(6)2/h3-8,11H,1-2,9-10,12H2;6H,3-5H2,1-2H3/t;6-/m.1/s1. The summed E-state index contributed by atoms with van der Waals surface area (Å²) in [6.45, 7) is 4.86. The summed E-state index contributed by atoms with van der Waals surface area (Å²) in [6, 6.07) is 9.90. The van der Waals surface area contributed by atoms with Crippen LogP contribution in [0.25, 0.3) is 0 Å². The second kappa shape index (κ2) is 12.0. The Morgan fingerprint density at radius 1 is 1.06 bits per heavy atom. The SMILES string of the molecule is C[C@@H]1CCCN1C.O=C(c1ccc(OCc2ccc(S(=O)C(F)(F)F)cc2F)cc1)N1CCCC1. The molecule has 35 heavy (non-hydrogen) atoms. The molecule has 0 bridgehead atoms. The van der Waals surface area contributed by atoms with Crippen molar-refractivity contribution in [1.29, 1.82) is 0 Å². The lowest BCUT2D eigenvalue weighted by Crippen LogP contribution is -2.27. The molecule has 2 aromatic carbocycles. The predicted octanol–water partition coefficient (Wildman–Crippen LogP) is 5.37. The lowest BCUT2D eigenvalue weighted by molar-refractivity contribution is -0.0384. The highest BCUT2D eigenvalue weighted by Crippen LogP contribution is 2.27. The van der Waals surface area contributed by atoms with E-state index < -0.39 is 27.0 Å². The highest BCUT2D eigenvalue weighted by Gasteiger charge is 2.38. The van der Waals surface area contributed by atoms with Crippen LogP contribution < -0.4 is 4.74 Å². The van der Waals surface area contributed by atoms with Crippen LogP contribution in [0.4, 0.5) is 17.6 Å². The lowest BCUT2D eigenvalue weighted by Gasteiger charge is -2.15. The van der Waals surface area contributed by atoms with Crippen LogP contribution in [0.3, 0.4) is 0 Å². The van der Waals surface area contributed by atoms with Gasteiger partial charge in [0.15, 0.2) is 10.8 Å². The first-order valence-corrected chi connectivity index (χ1v) is 12.7. The van der Waals surface area contributed by atoms with Gasteiger partial charge in [0.05, 0.1) is 4.90 Å². The molecule has 0 aliphatic carbocycles. The minimum Gasteiger partial charge on any atom is -0.489 e. The largest absolute Gasteiger partial charge is 0.489 e. The highest BCUT2D eigenvalue weighted by molar-refractivity contribution is 7.86. The van der Waals surface area contributed by atoms with Crippen molar-refractivity contribution in [2.45, 2.75) is 55.7 Å². The van der Waals surface area contributed by atoms with Gasteiger partial charge >= 0.3 is 5.51 Å². The molecule has 2 fully saturated rings. The van der Waals surface area contributed by atoms with Crippen LogP contribution >= 0.6 is 0 Å². The van der Waals surface area contributed by atoms with Gasteiger partial charge < -0.3 is 14.5 Å². The Labute approximate surface area is 205 Å². The monoisotopic (exact) mass is 514 g/mol. The van der Waals surface area contributed by atoms with Gasteiger partial charge in [0.25, 0.3) is 5.91 Å². The average molecular weight is 515 g/mol. The van der Waals surface area contributed by atoms with Crippen molar-refractivity contribution in [2.75, 3.05) is 26.7 Å². The van der Waals surface area contributed by atoms with E-state index >= 15 is 0 Å². The van der Waals surface area contributed by atoms with Crippen molar-refractivity contribution in [3.05, 3.63) is 59.4 Å². The number of amides is 1. The van der Waals surface area contributed by atoms with Crippen LogP contribution in [0.2, 0.25) is 0 Å². The number of alkyl halides is 3. The molecule has 2 aliphatic heterocycles. The van der Waals surface area contributed by atoms with Crippen molar-refractivity contribution in [3.8, 4) is 5.75 Å². The van der Waals surface area contributed by atoms with E-state index in [0.29, 0.717) is 17.4 Å². The van der Waals surface area contributed by atoms with E-state index in [2.05, 4.69) is 18.9 Å². The van der Waals surface area contributed by atoms with Gasteiger partial charge in [0, 0.05) is 30.3 Å². The van der Waals surface area contributed by atoms with Gasteiger partial charge in [-0.05, 0) is 82.6 Å². The molecule has 1 unspecified atom stereocenters. The zero-order chi connectivity index (χ0) is 25.6. The van der Waals surface area contributed by atoms with Crippen LogP contribution in [-0.4, -0.2) is 58.1 Å². The Morgan fingerprint density at radius 3 is 2.20 bits per heavy atom. The van der Waals surface area contributed by atoms with Gasteiger partial charge in [-0.25, -0.2) is 8.60 Å². The molecule has 5 nitrogen and oxygen atoms in total. The molecule has 2 aliphatic rings. The van der Waals surface area contributed by atoms with E-state index in [9.17, 15) is 26.6 Å². The number of ether oxygens (including phenoxy) is 1. The summed E-state index contributed by atoms with van der Waals surface area (Å²) in [6.07, 6.45) is 4.79. The molecule has 0 radical (unpaired) electrons. The maximum Gasteiger partial charge on any atom is 0.475 e. The fourth-order valence-electron chi connectivity index (χ4n) is 3.93. The Balaban J connectivity index is 0.000000420. The maximum atomic E-state index is 14.0. The number of rotatable bonds is 5. The summed E-state index contributed by atoms with van der Waals surface area (Å²) in [5.74, 6) is -0.598. The fraction of sp³-hybridized carbons (Fsp3) is 0.480. The molecule has 10 heteroatoms. The number of halogens is 4. The first-order chi connectivity index (χ1) is 16.6. The average Bonchev–Trinajstić information content (AvgIpc) is 3.50. The number of likely N-dealkylation sites (tertiary alicyclic amines) is 2. The van der Waals surface area contributed by atoms with E-state index in [1.807, 2.05) is 0 Å². The molecule has 0 saturated carbocycles. The Bertz CT molecular complexity index is 1020. The number of benzene rings is 2. The predicted molar refractivity (Wildman–Crippen MR) is 126 cm³/mol. The topological polar surface area (TPSA) is 49.9 Å². The molecule has 1 amide bonds. The number of nitrogens with zero attached hydrogens (tertiary/aromatic N) is 2. The first kappa shape index (κ1) is 27.1. The molecule has 2 saturated heterocycles. The number of carbonyl (C=O) groups is 1. The summed E-state index contributed by atoms with van der Waals surface area (Å²) < 4.78 is 68.0. The third-order valence-corrected chi connectivity index (χ3v) is 7.33. The minimum atomic E-state index is -4.95. The number of hydrogen-bond acceptors (Lipinski definition) is 4. The van der Waals surface area contributed by atoms with Crippen LogP contribution in [-0.2, 0) is 17.4 Å². The van der Waals surface area contributed by atoms with Gasteiger partial charge in [-0.2, -0.15) is 13.2 Å². The van der Waals surface area contributed by atoms with Crippen molar-refractivity contribution >= 4 is 16.7 Å². The van der Waals surface area contributed by atoms with Gasteiger partial charge in [0.2, 0.25) is 0 Å². The molecule has 192 valence electrons. The van der Waals surface area contributed by atoms with E-state index in [0.717, 1.165) is 44.1 Å². The van der Waals surface area contributed by atoms with Gasteiger partial charge in [0.1, 0.15) is 18.2 Å². The molecule has 0 aromatic heterocycles. The Morgan fingerprint density at radius 2 is 1.71 bits per heavy atom. The van der Waals surface area contributed by atoms with Crippen LogP contribution in [0.1, 0.15) is 48.5 Å². The molecule has 2 aromatic rings. The van der Waals surface area contributed by atoms with Crippen LogP contribution in [0, 0.1) is 5.82 Å². The maximum absolute atomic E-state index is 14.0. The minimum absolute atomic E-state index is 0.0279. The molecule has 0 N–H and O–H groups in total. The normalized spacial score (nSPS) is 19.3. The molecular weight excluding hydrogens is 484 g/mol. The first-order valence-electron chi connectivity index (χ1n) is 11.6. The van der Waals surface area contributed by atoms with Crippen molar-refractivity contribution in [2.24, 2.45) is 0 Å². The zero-order valence-electron chi connectivity index (χ0n) is 19.8. The molecule has 2 heterocycles. The van der Waals surface area contributed by atoms with E-state index in [4.69, 9.17) is 4.74 Å². The lowest BCUT2D eigenvalue weighted by atomic mass is 10.2. The summed E-state index contributed by atoms with van der Waals surface area (Å²) in [7, 11) is -1.09. The zero-order valence-corrected chi connectivity index (χ0v) is 20.6. The molecule has 0 spiro atoms. The Hall–Kier alpha value is -2.46. The Kier molecular flexibility index (Phi) is 9.29. The second-order valence-electron chi connectivity index (χ2n) is 8.75. The van der Waals surface area contributed by atoms with Gasteiger partial charge in [-0.15, -0.1) is 0 Å². The van der Waals surface area contributed by atoms with Crippen LogP contribution in [0.15, 0.2) is 47.4 Å². The summed E-state index contributed by atoms with van der Waals surface area (Å²) in [5, 5.41) is 0. The molecule has 2 atom stereocenters. The summed E-state index contributed by atoms with van der Waals surface area (Å²) >= 11 is 0. The van der Waals surface area contributed by atoms with Crippen molar-refractivity contribution in [3.63, 3.8) is 0 Å².